The Bertz CT molecular complexity index is 439. The van der Waals surface area contributed by atoms with E-state index in [1.54, 1.807) is 18.3 Å². The molecule has 0 spiro atoms. The molecule has 3 N–H and O–H groups in total. The van der Waals surface area contributed by atoms with E-state index in [4.69, 9.17) is 22.6 Å². The summed E-state index contributed by atoms with van der Waals surface area (Å²) in [5.74, 6) is 0.290. The van der Waals surface area contributed by atoms with Crippen molar-refractivity contribution in [1.82, 2.24) is 14.6 Å². The van der Waals surface area contributed by atoms with Crippen molar-refractivity contribution in [2.75, 3.05) is 7.11 Å². The summed E-state index contributed by atoms with van der Waals surface area (Å²) in [6.07, 6.45) is 1.72. The van der Waals surface area contributed by atoms with Gasteiger partial charge >= 0.3 is 0 Å². The monoisotopic (exact) mass is 260 g/mol. The smallest absolute Gasteiger partial charge is 0.228 e. The van der Waals surface area contributed by atoms with Gasteiger partial charge in [-0.25, -0.2) is 0 Å². The molecule has 7 nitrogen and oxygen atoms in total. The second kappa shape index (κ2) is 5.62. The van der Waals surface area contributed by atoms with Crippen molar-refractivity contribution in [3.63, 3.8) is 0 Å². The van der Waals surface area contributed by atoms with Crippen molar-refractivity contribution in [2.24, 2.45) is 10.7 Å². The SMILES string of the molecule is CONN(C#N)/C(N)=N/c1ccc(Cl)n1S. The van der Waals surface area contributed by atoms with Gasteiger partial charge in [-0.3, -0.25) is 8.81 Å². The van der Waals surface area contributed by atoms with E-state index in [9.17, 15) is 0 Å². The number of rotatable bonds is 3. The molecule has 1 rings (SSSR count). The van der Waals surface area contributed by atoms with Gasteiger partial charge in [0.25, 0.3) is 0 Å². The molecule has 9 heteroatoms. The lowest BCUT2D eigenvalue weighted by molar-refractivity contribution is 0.0110. The highest BCUT2D eigenvalue weighted by Gasteiger charge is 2.08. The van der Waals surface area contributed by atoms with E-state index >= 15 is 0 Å². The lowest BCUT2D eigenvalue weighted by Gasteiger charge is -2.12. The first-order valence-corrected chi connectivity index (χ1v) is 4.77. The number of thiol groups is 1. The third-order valence-corrected chi connectivity index (χ3v) is 2.36. The summed E-state index contributed by atoms with van der Waals surface area (Å²) in [5, 5.41) is 9.93. The first-order valence-electron chi connectivity index (χ1n) is 3.99. The molecule has 0 aliphatic heterocycles. The average Bonchev–Trinajstić information content (AvgIpc) is 2.57. The number of aliphatic imine (C=N–C) groups is 1. The maximum Gasteiger partial charge on any atom is 0.228 e. The van der Waals surface area contributed by atoms with Gasteiger partial charge < -0.3 is 5.73 Å². The second-order valence-electron chi connectivity index (χ2n) is 2.53. The van der Waals surface area contributed by atoms with Gasteiger partial charge in [0.05, 0.1) is 7.11 Å². The normalized spacial score (nSPS) is 11.2. The lowest BCUT2D eigenvalue weighted by Crippen LogP contribution is -2.42. The van der Waals surface area contributed by atoms with Crippen molar-refractivity contribution in [1.29, 1.82) is 5.26 Å². The van der Waals surface area contributed by atoms with Crippen LogP contribution < -0.4 is 11.3 Å². The average molecular weight is 261 g/mol. The number of halogens is 1. The summed E-state index contributed by atoms with van der Waals surface area (Å²) < 4.78 is 1.32. The summed E-state index contributed by atoms with van der Waals surface area (Å²) in [5.41, 5.74) is 7.77. The molecule has 0 saturated heterocycles. The molecule has 0 amide bonds. The summed E-state index contributed by atoms with van der Waals surface area (Å²) in [6.45, 7) is 0. The Morgan fingerprint density at radius 2 is 2.50 bits per heavy atom. The predicted molar refractivity (Wildman–Crippen MR) is 62.7 cm³/mol. The fourth-order valence-electron chi connectivity index (χ4n) is 0.856. The maximum absolute atomic E-state index is 8.70. The summed E-state index contributed by atoms with van der Waals surface area (Å²) >= 11 is 9.80. The minimum atomic E-state index is -0.102. The number of nitrogens with one attached hydrogen (secondary N) is 1. The number of hydrogen-bond donors (Lipinski definition) is 3. The van der Waals surface area contributed by atoms with Gasteiger partial charge in [0, 0.05) is 0 Å². The van der Waals surface area contributed by atoms with E-state index in [2.05, 4.69) is 28.2 Å². The Labute approximate surface area is 103 Å². The number of nitrogens with zero attached hydrogens (tertiary/aromatic N) is 4. The van der Waals surface area contributed by atoms with Gasteiger partial charge in [-0.1, -0.05) is 30.0 Å². The topological polar surface area (TPSA) is 91.6 Å². The molecule has 16 heavy (non-hydrogen) atoms. The number of guanidine groups is 1. The number of hydrogen-bond acceptors (Lipinski definition) is 5. The molecular weight excluding hydrogens is 252 g/mol. The highest BCUT2D eigenvalue weighted by atomic mass is 35.5. The fourth-order valence-corrected chi connectivity index (χ4v) is 1.18. The molecule has 1 aromatic heterocycles. The summed E-state index contributed by atoms with van der Waals surface area (Å²) in [4.78, 5) is 8.46. The summed E-state index contributed by atoms with van der Waals surface area (Å²) in [7, 11) is 1.34. The van der Waals surface area contributed by atoms with Crippen molar-refractivity contribution < 1.29 is 4.84 Å². The van der Waals surface area contributed by atoms with Crippen LogP contribution in [0.15, 0.2) is 17.1 Å². The first-order chi connectivity index (χ1) is 7.60. The van der Waals surface area contributed by atoms with Gasteiger partial charge in [-0.2, -0.15) is 15.3 Å². The molecule has 0 unspecified atom stereocenters. The molecular formula is C7H9ClN6OS. The van der Waals surface area contributed by atoms with Crippen LogP contribution in [-0.4, -0.2) is 22.1 Å². The second-order valence-corrected chi connectivity index (χ2v) is 3.31. The summed E-state index contributed by atoms with van der Waals surface area (Å²) in [6, 6.07) is 3.20. The minimum absolute atomic E-state index is 0.102. The predicted octanol–water partition coefficient (Wildman–Crippen LogP) is 0.630. The van der Waals surface area contributed by atoms with Gasteiger partial charge in [-0.05, 0) is 12.1 Å². The van der Waals surface area contributed by atoms with Crippen LogP contribution in [0.4, 0.5) is 5.82 Å². The zero-order valence-corrected chi connectivity index (χ0v) is 9.90. The first kappa shape index (κ1) is 12.7. The van der Waals surface area contributed by atoms with Crippen molar-refractivity contribution in [3.05, 3.63) is 17.3 Å². The van der Waals surface area contributed by atoms with Gasteiger partial charge in [0.2, 0.25) is 12.2 Å². The van der Waals surface area contributed by atoms with E-state index in [-0.39, 0.29) is 5.96 Å². The van der Waals surface area contributed by atoms with E-state index in [1.807, 2.05) is 0 Å². The quantitative estimate of drug-likeness (QED) is 0.185. The Kier molecular flexibility index (Phi) is 4.45. The Morgan fingerprint density at radius 3 is 2.94 bits per heavy atom. The molecule has 0 aromatic carbocycles. The van der Waals surface area contributed by atoms with Crippen molar-refractivity contribution in [3.8, 4) is 6.19 Å². The molecule has 0 aliphatic carbocycles. The number of aromatic nitrogens is 1. The molecule has 86 valence electrons. The number of nitrogens with two attached hydrogens (primary N) is 1. The Hall–Kier alpha value is -1.40. The van der Waals surface area contributed by atoms with Crippen LogP contribution in [-0.2, 0) is 4.84 Å². The molecule has 0 bridgehead atoms. The molecule has 0 radical (unpaired) electrons. The van der Waals surface area contributed by atoms with Gasteiger partial charge in [-0.15, -0.1) is 0 Å². The highest BCUT2D eigenvalue weighted by Crippen LogP contribution is 2.22. The highest BCUT2D eigenvalue weighted by molar-refractivity contribution is 7.78. The van der Waals surface area contributed by atoms with Crippen LogP contribution in [0.1, 0.15) is 0 Å². The third-order valence-electron chi connectivity index (χ3n) is 1.53. The van der Waals surface area contributed by atoms with Crippen LogP contribution in [0.25, 0.3) is 0 Å². The van der Waals surface area contributed by atoms with Crippen LogP contribution >= 0.6 is 24.4 Å². The number of nitriles is 1. The van der Waals surface area contributed by atoms with E-state index in [1.165, 1.54) is 11.1 Å². The molecule has 0 aliphatic rings. The fraction of sp³-hybridized carbons (Fsp3) is 0.143. The molecule has 1 aromatic rings. The van der Waals surface area contributed by atoms with Crippen LogP contribution in [0.5, 0.6) is 0 Å². The van der Waals surface area contributed by atoms with Crippen molar-refractivity contribution in [2.45, 2.75) is 0 Å². The minimum Gasteiger partial charge on any atom is -0.367 e. The number of hydrazine groups is 1. The van der Waals surface area contributed by atoms with E-state index < -0.39 is 0 Å². The lowest BCUT2D eigenvalue weighted by atomic mass is 10.6. The molecule has 0 fully saturated rings. The Balaban J connectivity index is 2.92. The van der Waals surface area contributed by atoms with Gasteiger partial charge in [0.15, 0.2) is 0 Å². The Morgan fingerprint density at radius 1 is 1.81 bits per heavy atom. The van der Waals surface area contributed by atoms with Crippen LogP contribution in [0.3, 0.4) is 0 Å². The van der Waals surface area contributed by atoms with E-state index in [0.717, 1.165) is 5.01 Å². The largest absolute Gasteiger partial charge is 0.367 e. The molecule has 0 saturated carbocycles. The third kappa shape index (κ3) is 2.80. The van der Waals surface area contributed by atoms with E-state index in [0.29, 0.717) is 11.0 Å². The van der Waals surface area contributed by atoms with Gasteiger partial charge in [0.1, 0.15) is 11.0 Å². The van der Waals surface area contributed by atoms with Crippen LogP contribution in [0.2, 0.25) is 5.15 Å². The zero-order chi connectivity index (χ0) is 12.1. The maximum atomic E-state index is 8.70. The standard InChI is InChI=1S/C7H9ClN6OS/c1-15-12-13(4-9)7(10)11-6-3-2-5(8)14(6)16/h2-3,12,16H,1H3,(H2,10,11). The zero-order valence-electron chi connectivity index (χ0n) is 8.25. The van der Waals surface area contributed by atoms with Crippen LogP contribution in [0, 0.1) is 11.5 Å². The molecule has 0 atom stereocenters. The van der Waals surface area contributed by atoms with Crippen molar-refractivity contribution >= 4 is 36.2 Å². The molecule has 1 heterocycles.